The number of fused-ring (bicyclic) bond motifs is 1. The molecule has 0 radical (unpaired) electrons. The second-order valence-electron chi connectivity index (χ2n) is 7.14. The zero-order chi connectivity index (χ0) is 21.5. The number of thioether (sulfide) groups is 1. The Hall–Kier alpha value is -2.33. The van der Waals surface area contributed by atoms with Crippen LogP contribution in [-0.2, 0) is 27.2 Å². The van der Waals surface area contributed by atoms with Crippen LogP contribution in [0.4, 0.5) is 18.9 Å². The number of halogens is 3. The summed E-state index contributed by atoms with van der Waals surface area (Å²) in [7, 11) is -3.38. The van der Waals surface area contributed by atoms with Crippen molar-refractivity contribution < 1.29 is 26.4 Å². The average molecular weight is 454 g/mol. The number of anilines is 1. The maximum atomic E-state index is 13.6. The number of rotatable bonds is 3. The Morgan fingerprint density at radius 2 is 1.73 bits per heavy atom. The molecule has 4 rings (SSSR count). The molecule has 5 nitrogen and oxygen atoms in total. The van der Waals surface area contributed by atoms with Crippen molar-refractivity contribution in [1.29, 1.82) is 0 Å². The van der Waals surface area contributed by atoms with Crippen LogP contribution < -0.4 is 4.90 Å². The van der Waals surface area contributed by atoms with Crippen molar-refractivity contribution >= 4 is 38.4 Å². The molecule has 0 saturated carbocycles. The lowest BCUT2D eigenvalue weighted by Gasteiger charge is -2.27. The van der Waals surface area contributed by atoms with E-state index in [4.69, 9.17) is 0 Å². The monoisotopic (exact) mass is 454 g/mol. The Balaban J connectivity index is 1.73. The van der Waals surface area contributed by atoms with Crippen molar-refractivity contribution in [3.8, 4) is 0 Å². The summed E-state index contributed by atoms with van der Waals surface area (Å²) >= 11 is 1.05. The Morgan fingerprint density at radius 1 is 1.07 bits per heavy atom. The fourth-order valence-corrected chi connectivity index (χ4v) is 7.61. The molecule has 10 heteroatoms. The minimum absolute atomic E-state index is 0.00723. The van der Waals surface area contributed by atoms with E-state index in [1.54, 1.807) is 24.3 Å². The van der Waals surface area contributed by atoms with E-state index in [0.717, 1.165) is 23.4 Å². The number of hydrogen-bond donors (Lipinski definition) is 0. The molecule has 1 amide bonds. The van der Waals surface area contributed by atoms with Crippen LogP contribution in [0.1, 0.15) is 11.1 Å². The van der Waals surface area contributed by atoms with Crippen molar-refractivity contribution in [3.63, 3.8) is 0 Å². The number of alkyl halides is 3. The van der Waals surface area contributed by atoms with E-state index in [0.29, 0.717) is 0 Å². The third-order valence-corrected chi connectivity index (χ3v) is 8.16. The second-order valence-corrected chi connectivity index (χ2v) is 10.5. The molecule has 2 aromatic carbocycles. The summed E-state index contributed by atoms with van der Waals surface area (Å²) in [5.74, 6) is -0.928. The van der Waals surface area contributed by atoms with Gasteiger partial charge < -0.3 is 4.90 Å². The van der Waals surface area contributed by atoms with Crippen molar-refractivity contribution in [2.45, 2.75) is 23.9 Å². The van der Waals surface area contributed by atoms with Crippen LogP contribution in [0.2, 0.25) is 0 Å². The molecular weight excluding hydrogens is 437 g/mol. The zero-order valence-corrected chi connectivity index (χ0v) is 17.2. The maximum Gasteiger partial charge on any atom is 0.418 e. The molecule has 158 valence electrons. The van der Waals surface area contributed by atoms with Gasteiger partial charge in [-0.25, -0.2) is 8.42 Å². The number of aliphatic imine (C=N–C) groups is 1. The first-order valence-electron chi connectivity index (χ1n) is 9.12. The number of carbonyl (C=O) groups excluding carboxylic acids is 1. The second kappa shape index (κ2) is 7.73. The predicted molar refractivity (Wildman–Crippen MR) is 110 cm³/mol. The van der Waals surface area contributed by atoms with E-state index >= 15 is 0 Å². The molecule has 0 aromatic heterocycles. The Kier molecular flexibility index (Phi) is 5.39. The molecule has 2 aliphatic rings. The van der Waals surface area contributed by atoms with E-state index in [1.165, 1.54) is 23.1 Å². The van der Waals surface area contributed by atoms with E-state index in [2.05, 4.69) is 4.99 Å². The SMILES string of the molecule is O=C(Cc1ccccc1)N=C1S[C@@H]2CS(=O)(=O)C[C@@H]2N1c1ccccc1C(F)(F)F. The lowest BCUT2D eigenvalue weighted by atomic mass is 10.1. The molecule has 2 saturated heterocycles. The molecule has 2 heterocycles. The van der Waals surface area contributed by atoms with Gasteiger partial charge in [0.1, 0.15) is 0 Å². The fraction of sp³-hybridized carbons (Fsp3) is 0.300. The van der Waals surface area contributed by atoms with Crippen molar-refractivity contribution in [2.75, 3.05) is 16.4 Å². The van der Waals surface area contributed by atoms with Crippen molar-refractivity contribution in [3.05, 3.63) is 65.7 Å². The highest BCUT2D eigenvalue weighted by atomic mass is 32.2. The van der Waals surface area contributed by atoms with Crippen LogP contribution in [0.3, 0.4) is 0 Å². The van der Waals surface area contributed by atoms with Gasteiger partial charge in [-0.2, -0.15) is 18.2 Å². The average Bonchev–Trinajstić information content (AvgIpc) is 3.12. The van der Waals surface area contributed by atoms with Gasteiger partial charge in [0.05, 0.1) is 35.2 Å². The molecule has 2 aliphatic heterocycles. The third-order valence-electron chi connectivity index (χ3n) is 4.95. The molecule has 0 N–H and O–H groups in total. The van der Waals surface area contributed by atoms with Crippen LogP contribution in [-0.4, -0.2) is 42.3 Å². The lowest BCUT2D eigenvalue weighted by molar-refractivity contribution is -0.137. The molecule has 2 fully saturated rings. The summed E-state index contributed by atoms with van der Waals surface area (Å²) in [6, 6.07) is 13.1. The van der Waals surface area contributed by atoms with E-state index < -0.39 is 38.8 Å². The van der Waals surface area contributed by atoms with Gasteiger partial charge in [0, 0.05) is 5.25 Å². The highest BCUT2D eigenvalue weighted by molar-refractivity contribution is 8.16. The van der Waals surface area contributed by atoms with Crippen molar-refractivity contribution in [2.24, 2.45) is 4.99 Å². The number of benzene rings is 2. The van der Waals surface area contributed by atoms with Crippen LogP contribution in [0.15, 0.2) is 59.6 Å². The normalized spacial score (nSPS) is 24.2. The van der Waals surface area contributed by atoms with Crippen LogP contribution in [0.25, 0.3) is 0 Å². The van der Waals surface area contributed by atoms with E-state index in [-0.39, 0.29) is 28.8 Å². The Labute approximate surface area is 175 Å². The molecule has 2 aromatic rings. The first-order valence-corrected chi connectivity index (χ1v) is 11.8. The molecule has 30 heavy (non-hydrogen) atoms. The standard InChI is InChI=1S/C20H17F3N2O3S2/c21-20(22,23)14-8-4-5-9-15(14)25-16-11-30(27,28)12-17(16)29-19(25)24-18(26)10-13-6-2-1-3-7-13/h1-9,16-17H,10-12H2/t16-,17+/m0/s1. The molecular formula is C20H17F3N2O3S2. The number of sulfone groups is 1. The van der Waals surface area contributed by atoms with Gasteiger partial charge in [-0.3, -0.25) is 4.79 Å². The van der Waals surface area contributed by atoms with Gasteiger partial charge in [-0.05, 0) is 17.7 Å². The van der Waals surface area contributed by atoms with Gasteiger partial charge in [0.15, 0.2) is 15.0 Å². The van der Waals surface area contributed by atoms with Crippen molar-refractivity contribution in [1.82, 2.24) is 0 Å². The number of carbonyl (C=O) groups is 1. The summed E-state index contributed by atoms with van der Waals surface area (Å²) in [6.45, 7) is 0. The van der Waals surface area contributed by atoms with Crippen LogP contribution in [0.5, 0.6) is 0 Å². The Morgan fingerprint density at radius 3 is 2.43 bits per heavy atom. The number of para-hydroxylation sites is 1. The summed E-state index contributed by atoms with van der Waals surface area (Å²) in [6.07, 6.45) is -4.62. The summed E-state index contributed by atoms with van der Waals surface area (Å²) in [4.78, 5) is 17.9. The van der Waals surface area contributed by atoms with Gasteiger partial charge in [0.25, 0.3) is 5.91 Å². The number of nitrogens with zero attached hydrogens (tertiary/aromatic N) is 2. The van der Waals surface area contributed by atoms with E-state index in [9.17, 15) is 26.4 Å². The first kappa shape index (κ1) is 20.9. The predicted octanol–water partition coefficient (Wildman–Crippen LogP) is 3.55. The number of hydrogen-bond acceptors (Lipinski definition) is 4. The van der Waals surface area contributed by atoms with Gasteiger partial charge in [-0.1, -0.05) is 54.2 Å². The molecule has 0 unspecified atom stereocenters. The van der Waals surface area contributed by atoms with Crippen LogP contribution >= 0.6 is 11.8 Å². The third kappa shape index (κ3) is 4.24. The molecule has 0 aliphatic carbocycles. The number of amides is 1. The van der Waals surface area contributed by atoms with E-state index in [1.807, 2.05) is 6.07 Å². The van der Waals surface area contributed by atoms with Crippen LogP contribution in [0, 0.1) is 0 Å². The summed E-state index contributed by atoms with van der Waals surface area (Å²) < 4.78 is 65.1. The maximum absolute atomic E-state index is 13.6. The molecule has 2 atom stereocenters. The highest BCUT2D eigenvalue weighted by Crippen LogP contribution is 2.45. The topological polar surface area (TPSA) is 66.8 Å². The smallest absolute Gasteiger partial charge is 0.315 e. The van der Waals surface area contributed by atoms with Gasteiger partial charge in [-0.15, -0.1) is 0 Å². The minimum Gasteiger partial charge on any atom is -0.315 e. The first-order chi connectivity index (χ1) is 14.1. The largest absolute Gasteiger partial charge is 0.418 e. The molecule has 0 bridgehead atoms. The molecule has 0 spiro atoms. The zero-order valence-electron chi connectivity index (χ0n) is 15.5. The van der Waals surface area contributed by atoms with Gasteiger partial charge >= 0.3 is 6.18 Å². The minimum atomic E-state index is -4.63. The quantitative estimate of drug-likeness (QED) is 0.710. The number of amidine groups is 1. The lowest BCUT2D eigenvalue weighted by Crippen LogP contribution is -2.39. The summed E-state index contributed by atoms with van der Waals surface area (Å²) in [5.41, 5.74) is -0.341. The highest BCUT2D eigenvalue weighted by Gasteiger charge is 2.51. The summed E-state index contributed by atoms with van der Waals surface area (Å²) in [5, 5.41) is -0.364. The Bertz CT molecular complexity index is 1100. The fourth-order valence-electron chi connectivity index (χ4n) is 3.69. The van der Waals surface area contributed by atoms with Gasteiger partial charge in [0.2, 0.25) is 0 Å².